The van der Waals surface area contributed by atoms with Gasteiger partial charge in [0.2, 0.25) is 11.8 Å². The predicted molar refractivity (Wildman–Crippen MR) is 92.6 cm³/mol. The Labute approximate surface area is 139 Å². The number of allylic oxidation sites excluding steroid dienone is 1. The minimum absolute atomic E-state index is 0.247. The fourth-order valence-electron chi connectivity index (χ4n) is 3.11. The number of anilines is 1. The zero-order chi connectivity index (χ0) is 16.5. The Hall–Kier alpha value is -3.02. The summed E-state index contributed by atoms with van der Waals surface area (Å²) in [7, 11) is 1.61. The third kappa shape index (κ3) is 2.46. The van der Waals surface area contributed by atoms with Crippen molar-refractivity contribution >= 4 is 22.6 Å². The third-order valence-electron chi connectivity index (χ3n) is 4.18. The zero-order valence-corrected chi connectivity index (χ0v) is 13.4. The maximum absolute atomic E-state index is 5.83. The lowest BCUT2D eigenvalue weighted by Gasteiger charge is -2.15. The molecule has 4 rings (SSSR count). The molecular weight excluding hydrogens is 302 g/mol. The number of fused-ring (bicyclic) bond motifs is 2. The van der Waals surface area contributed by atoms with E-state index in [2.05, 4.69) is 26.0 Å². The molecule has 0 spiro atoms. The van der Waals surface area contributed by atoms with E-state index in [-0.39, 0.29) is 5.95 Å². The van der Waals surface area contributed by atoms with E-state index in [4.69, 9.17) is 10.5 Å². The molecule has 0 unspecified atom stereocenters. The number of aryl methyl sites for hydroxylation is 1. The van der Waals surface area contributed by atoms with Crippen molar-refractivity contribution in [1.29, 1.82) is 0 Å². The van der Waals surface area contributed by atoms with Crippen LogP contribution in [0, 0.1) is 0 Å². The van der Waals surface area contributed by atoms with Crippen LogP contribution in [-0.4, -0.2) is 27.0 Å². The first-order valence-corrected chi connectivity index (χ1v) is 7.88. The molecule has 0 radical (unpaired) electrons. The topological polar surface area (TPSA) is 86.8 Å². The van der Waals surface area contributed by atoms with Crippen molar-refractivity contribution in [3.8, 4) is 5.88 Å². The first-order valence-electron chi connectivity index (χ1n) is 7.88. The number of hydrogen-bond donors (Lipinski definition) is 1. The van der Waals surface area contributed by atoms with Crippen molar-refractivity contribution in [3.05, 3.63) is 53.5 Å². The summed E-state index contributed by atoms with van der Waals surface area (Å²) >= 11 is 0. The van der Waals surface area contributed by atoms with Gasteiger partial charge < -0.3 is 10.5 Å². The van der Waals surface area contributed by atoms with E-state index >= 15 is 0 Å². The van der Waals surface area contributed by atoms with Crippen LogP contribution in [-0.2, 0) is 6.42 Å². The molecule has 3 aromatic rings. The van der Waals surface area contributed by atoms with Crippen molar-refractivity contribution < 1.29 is 4.74 Å². The number of nitrogens with zero attached hydrogens (tertiary/aromatic N) is 4. The minimum atomic E-state index is 0.247. The quantitative estimate of drug-likeness (QED) is 0.781. The second-order valence-electron chi connectivity index (χ2n) is 5.68. The van der Waals surface area contributed by atoms with Gasteiger partial charge in [-0.2, -0.15) is 4.98 Å². The Bertz CT molecular complexity index is 951. The molecule has 0 atom stereocenters. The number of hydrogen-bond acceptors (Lipinski definition) is 6. The van der Waals surface area contributed by atoms with Crippen LogP contribution in [0.5, 0.6) is 5.88 Å². The Morgan fingerprint density at radius 2 is 1.92 bits per heavy atom. The van der Waals surface area contributed by atoms with Gasteiger partial charge in [0.15, 0.2) is 0 Å². The summed E-state index contributed by atoms with van der Waals surface area (Å²) in [5, 5.41) is 0. The number of nitrogens with two attached hydrogens (primary N) is 1. The van der Waals surface area contributed by atoms with E-state index in [9.17, 15) is 0 Å². The molecular formula is C18H17N5O. The van der Waals surface area contributed by atoms with Crippen molar-refractivity contribution in [1.82, 2.24) is 19.9 Å². The van der Waals surface area contributed by atoms with Gasteiger partial charge in [0, 0.05) is 12.4 Å². The van der Waals surface area contributed by atoms with E-state index in [1.165, 1.54) is 0 Å². The molecule has 1 aliphatic rings. The number of rotatable bonds is 2. The second-order valence-corrected chi connectivity index (χ2v) is 5.68. The van der Waals surface area contributed by atoms with Crippen LogP contribution >= 0.6 is 0 Å². The van der Waals surface area contributed by atoms with Crippen LogP contribution in [0.4, 0.5) is 5.95 Å². The largest absolute Gasteiger partial charge is 0.480 e. The van der Waals surface area contributed by atoms with Gasteiger partial charge in [0.25, 0.3) is 0 Å². The Kier molecular flexibility index (Phi) is 3.57. The number of aromatic nitrogens is 4. The van der Waals surface area contributed by atoms with Gasteiger partial charge in [-0.1, -0.05) is 12.1 Å². The third-order valence-corrected chi connectivity index (χ3v) is 4.18. The lowest BCUT2D eigenvalue weighted by Crippen LogP contribution is -2.07. The van der Waals surface area contributed by atoms with Gasteiger partial charge in [-0.05, 0) is 42.5 Å². The standard InChI is InChI=1S/C18H17N5O/c1-24-17-16-12(4-2-3-5-14(16)22-18(19)23-17)11-6-7-13-15(10-11)21-9-8-20-13/h4,6-10H,2-3,5H2,1H3,(H2,19,22,23). The lowest BCUT2D eigenvalue weighted by molar-refractivity contribution is 0.395. The first kappa shape index (κ1) is 14.6. The monoisotopic (exact) mass is 319 g/mol. The molecule has 0 saturated heterocycles. The molecule has 1 aliphatic carbocycles. The van der Waals surface area contributed by atoms with Crippen LogP contribution in [0.3, 0.4) is 0 Å². The van der Waals surface area contributed by atoms with Crippen LogP contribution < -0.4 is 10.5 Å². The maximum atomic E-state index is 5.83. The number of ether oxygens (including phenoxy) is 1. The van der Waals surface area contributed by atoms with Crippen molar-refractivity contribution in [2.75, 3.05) is 12.8 Å². The molecule has 2 N–H and O–H groups in total. The minimum Gasteiger partial charge on any atom is -0.480 e. The first-order chi connectivity index (χ1) is 11.8. The highest BCUT2D eigenvalue weighted by atomic mass is 16.5. The van der Waals surface area contributed by atoms with Crippen LogP contribution in [0.1, 0.15) is 29.7 Å². The summed E-state index contributed by atoms with van der Waals surface area (Å²) in [5.41, 5.74) is 11.5. The van der Waals surface area contributed by atoms with Crippen molar-refractivity contribution in [2.45, 2.75) is 19.3 Å². The predicted octanol–water partition coefficient (Wildman–Crippen LogP) is 2.78. The normalized spacial score (nSPS) is 14.0. The molecule has 6 heteroatoms. The van der Waals surface area contributed by atoms with Crippen molar-refractivity contribution in [3.63, 3.8) is 0 Å². The molecule has 2 heterocycles. The number of benzene rings is 1. The van der Waals surface area contributed by atoms with Crippen LogP contribution in [0.2, 0.25) is 0 Å². The molecule has 0 aliphatic heterocycles. The Morgan fingerprint density at radius 1 is 1.08 bits per heavy atom. The van der Waals surface area contributed by atoms with Gasteiger partial charge in [-0.3, -0.25) is 9.97 Å². The van der Waals surface area contributed by atoms with E-state index in [1.54, 1.807) is 19.5 Å². The highest BCUT2D eigenvalue weighted by molar-refractivity contribution is 5.88. The fourth-order valence-corrected chi connectivity index (χ4v) is 3.11. The summed E-state index contributed by atoms with van der Waals surface area (Å²) < 4.78 is 5.49. The van der Waals surface area contributed by atoms with Crippen molar-refractivity contribution in [2.24, 2.45) is 0 Å². The SMILES string of the molecule is COc1nc(N)nc2c1C(c1ccc3nccnc3c1)=CCCC2. The molecule has 1 aromatic carbocycles. The molecule has 6 nitrogen and oxygen atoms in total. The summed E-state index contributed by atoms with van der Waals surface area (Å²) in [6, 6.07) is 6.07. The average Bonchev–Trinajstić information content (AvgIpc) is 2.83. The molecule has 0 bridgehead atoms. The molecule has 0 saturated carbocycles. The second kappa shape index (κ2) is 5.88. The smallest absolute Gasteiger partial charge is 0.226 e. The molecule has 0 fully saturated rings. The van der Waals surface area contributed by atoms with E-state index in [0.29, 0.717) is 5.88 Å². The fraction of sp³-hybridized carbons (Fsp3) is 0.222. The lowest BCUT2D eigenvalue weighted by atomic mass is 9.96. The van der Waals surface area contributed by atoms with E-state index in [0.717, 1.165) is 52.7 Å². The average molecular weight is 319 g/mol. The zero-order valence-electron chi connectivity index (χ0n) is 13.4. The molecule has 120 valence electrons. The summed E-state index contributed by atoms with van der Waals surface area (Å²) in [4.78, 5) is 17.4. The highest BCUT2D eigenvalue weighted by Crippen LogP contribution is 2.36. The molecule has 0 amide bonds. The summed E-state index contributed by atoms with van der Waals surface area (Å²) in [6.45, 7) is 0. The van der Waals surface area contributed by atoms with Gasteiger partial charge in [0.05, 0.1) is 29.4 Å². The number of nitrogen functional groups attached to an aromatic ring is 1. The van der Waals surface area contributed by atoms with E-state index < -0.39 is 0 Å². The molecule has 24 heavy (non-hydrogen) atoms. The van der Waals surface area contributed by atoms with Gasteiger partial charge in [-0.25, -0.2) is 4.98 Å². The number of methoxy groups -OCH3 is 1. The molecule has 2 aromatic heterocycles. The van der Waals surface area contributed by atoms with Gasteiger partial charge in [0.1, 0.15) is 0 Å². The van der Waals surface area contributed by atoms with Gasteiger partial charge >= 0.3 is 0 Å². The van der Waals surface area contributed by atoms with Crippen LogP contribution in [0.15, 0.2) is 36.7 Å². The summed E-state index contributed by atoms with van der Waals surface area (Å²) in [6.07, 6.45) is 8.45. The Balaban J connectivity index is 1.93. The van der Waals surface area contributed by atoms with E-state index in [1.807, 2.05) is 18.2 Å². The van der Waals surface area contributed by atoms with Gasteiger partial charge in [-0.15, -0.1) is 0 Å². The highest BCUT2D eigenvalue weighted by Gasteiger charge is 2.21. The summed E-state index contributed by atoms with van der Waals surface area (Å²) in [5.74, 6) is 0.765. The van der Waals surface area contributed by atoms with Crippen LogP contribution in [0.25, 0.3) is 16.6 Å². The maximum Gasteiger partial charge on any atom is 0.226 e. The Morgan fingerprint density at radius 3 is 2.75 bits per heavy atom.